The zero-order valence-corrected chi connectivity index (χ0v) is 11.3. The Balaban J connectivity index is 1.96. The molecule has 1 aromatic carbocycles. The minimum absolute atomic E-state index is 0.538. The van der Waals surface area contributed by atoms with Crippen molar-refractivity contribution < 1.29 is 4.74 Å². The fourth-order valence-corrected chi connectivity index (χ4v) is 2.44. The van der Waals surface area contributed by atoms with Crippen LogP contribution in [-0.2, 0) is 6.54 Å². The summed E-state index contributed by atoms with van der Waals surface area (Å²) in [5.74, 6) is 0.862. The summed E-state index contributed by atoms with van der Waals surface area (Å²) in [6, 6.07) is 12.0. The first-order valence-corrected chi connectivity index (χ1v) is 6.38. The van der Waals surface area contributed by atoms with E-state index < -0.39 is 0 Å². The fraction of sp³-hybridized carbons (Fsp3) is 0.133. The Labute approximate surface area is 116 Å². The minimum atomic E-state index is 0.538. The lowest BCUT2D eigenvalue weighted by Gasteiger charge is -2.07. The third kappa shape index (κ3) is 2.29. The van der Waals surface area contributed by atoms with E-state index in [0.717, 1.165) is 23.2 Å². The molecular weight excluding hydrogens is 260 g/mol. The lowest BCUT2D eigenvalue weighted by Crippen LogP contribution is -1.98. The monoisotopic (exact) mass is 272 g/mol. The molecule has 96 valence electrons. The highest BCUT2D eigenvalue weighted by atomic mass is 35.5. The molecule has 0 atom stereocenters. The number of aromatic nitrogens is 2. The van der Waals surface area contributed by atoms with E-state index >= 15 is 0 Å². The molecule has 19 heavy (non-hydrogen) atoms. The van der Waals surface area contributed by atoms with Crippen LogP contribution in [0.25, 0.3) is 10.9 Å². The SMILES string of the molecule is COc1ccc(Cn2ccc3ccnc(Cl)c32)cc1. The lowest BCUT2D eigenvalue weighted by molar-refractivity contribution is 0.414. The third-order valence-electron chi connectivity index (χ3n) is 3.14. The first kappa shape index (κ1) is 12.1. The zero-order valence-electron chi connectivity index (χ0n) is 10.5. The molecule has 0 radical (unpaired) electrons. The van der Waals surface area contributed by atoms with Crippen molar-refractivity contribution in [2.24, 2.45) is 0 Å². The van der Waals surface area contributed by atoms with Crippen molar-refractivity contribution in [2.45, 2.75) is 6.54 Å². The van der Waals surface area contributed by atoms with Gasteiger partial charge in [0.15, 0.2) is 5.15 Å². The number of hydrogen-bond donors (Lipinski definition) is 0. The van der Waals surface area contributed by atoms with Gasteiger partial charge in [-0.1, -0.05) is 23.7 Å². The highest BCUT2D eigenvalue weighted by Gasteiger charge is 2.06. The molecule has 0 saturated heterocycles. The molecule has 0 saturated carbocycles. The van der Waals surface area contributed by atoms with Gasteiger partial charge in [0, 0.05) is 24.3 Å². The maximum absolute atomic E-state index is 6.17. The van der Waals surface area contributed by atoms with Crippen molar-refractivity contribution in [3.8, 4) is 5.75 Å². The maximum Gasteiger partial charge on any atom is 0.153 e. The quantitative estimate of drug-likeness (QED) is 0.679. The molecule has 3 rings (SSSR count). The number of hydrogen-bond acceptors (Lipinski definition) is 2. The number of fused-ring (bicyclic) bond motifs is 1. The molecule has 0 N–H and O–H groups in total. The molecule has 0 spiro atoms. The second kappa shape index (κ2) is 4.94. The van der Waals surface area contributed by atoms with Crippen molar-refractivity contribution in [2.75, 3.05) is 7.11 Å². The second-order valence-corrected chi connectivity index (χ2v) is 4.69. The predicted molar refractivity (Wildman–Crippen MR) is 76.8 cm³/mol. The molecule has 0 aliphatic carbocycles. The maximum atomic E-state index is 6.17. The van der Waals surface area contributed by atoms with E-state index in [0.29, 0.717) is 5.15 Å². The van der Waals surface area contributed by atoms with Crippen LogP contribution in [0.4, 0.5) is 0 Å². The van der Waals surface area contributed by atoms with Crippen LogP contribution >= 0.6 is 11.6 Å². The van der Waals surface area contributed by atoms with Crippen LogP contribution in [0, 0.1) is 0 Å². The highest BCUT2D eigenvalue weighted by Crippen LogP contribution is 2.23. The molecule has 2 heterocycles. The fourth-order valence-electron chi connectivity index (χ4n) is 2.17. The number of nitrogens with zero attached hydrogens (tertiary/aromatic N) is 2. The number of ether oxygens (including phenoxy) is 1. The number of benzene rings is 1. The number of halogens is 1. The molecule has 0 amide bonds. The van der Waals surface area contributed by atoms with E-state index in [9.17, 15) is 0 Å². The average molecular weight is 273 g/mol. The first-order chi connectivity index (χ1) is 9.28. The molecule has 4 heteroatoms. The van der Waals surface area contributed by atoms with Crippen molar-refractivity contribution in [1.29, 1.82) is 0 Å². The van der Waals surface area contributed by atoms with Crippen LogP contribution in [0.5, 0.6) is 5.75 Å². The highest BCUT2D eigenvalue weighted by molar-refractivity contribution is 6.33. The van der Waals surface area contributed by atoms with Crippen molar-refractivity contribution >= 4 is 22.5 Å². The van der Waals surface area contributed by atoms with Crippen LogP contribution < -0.4 is 4.74 Å². The van der Waals surface area contributed by atoms with E-state index in [-0.39, 0.29) is 0 Å². The first-order valence-electron chi connectivity index (χ1n) is 6.00. The van der Waals surface area contributed by atoms with Crippen LogP contribution in [-0.4, -0.2) is 16.7 Å². The van der Waals surface area contributed by atoms with Crippen LogP contribution in [0.3, 0.4) is 0 Å². The molecule has 3 nitrogen and oxygen atoms in total. The van der Waals surface area contributed by atoms with E-state index in [2.05, 4.69) is 21.7 Å². The van der Waals surface area contributed by atoms with Gasteiger partial charge in [0.05, 0.1) is 12.6 Å². The summed E-state index contributed by atoms with van der Waals surface area (Å²) in [6.45, 7) is 0.763. The Kier molecular flexibility index (Phi) is 3.13. The molecule has 2 aromatic heterocycles. The molecule has 0 aliphatic rings. The average Bonchev–Trinajstić information content (AvgIpc) is 2.84. The third-order valence-corrected chi connectivity index (χ3v) is 3.42. The Morgan fingerprint density at radius 1 is 1.16 bits per heavy atom. The summed E-state index contributed by atoms with van der Waals surface area (Å²) in [4.78, 5) is 4.13. The summed E-state index contributed by atoms with van der Waals surface area (Å²) >= 11 is 6.17. The van der Waals surface area contributed by atoms with Crippen LogP contribution in [0.1, 0.15) is 5.56 Å². The van der Waals surface area contributed by atoms with Gasteiger partial charge in [-0.25, -0.2) is 4.98 Å². The number of rotatable bonds is 3. The topological polar surface area (TPSA) is 27.1 Å². The minimum Gasteiger partial charge on any atom is -0.497 e. The van der Waals surface area contributed by atoms with Gasteiger partial charge in [-0.05, 0) is 29.8 Å². The summed E-state index contributed by atoms with van der Waals surface area (Å²) < 4.78 is 7.26. The van der Waals surface area contributed by atoms with Gasteiger partial charge >= 0.3 is 0 Å². The van der Waals surface area contributed by atoms with Gasteiger partial charge < -0.3 is 9.30 Å². The molecule has 3 aromatic rings. The summed E-state index contributed by atoms with van der Waals surface area (Å²) in [6.07, 6.45) is 3.75. The summed E-state index contributed by atoms with van der Waals surface area (Å²) in [5, 5.41) is 1.64. The van der Waals surface area contributed by atoms with Crippen molar-refractivity contribution in [3.05, 3.63) is 59.5 Å². The van der Waals surface area contributed by atoms with E-state index in [4.69, 9.17) is 16.3 Å². The normalized spacial score (nSPS) is 10.8. The molecule has 0 aliphatic heterocycles. The van der Waals surface area contributed by atoms with Gasteiger partial charge in [-0.15, -0.1) is 0 Å². The smallest absolute Gasteiger partial charge is 0.153 e. The Morgan fingerprint density at radius 3 is 2.68 bits per heavy atom. The van der Waals surface area contributed by atoms with E-state index in [1.54, 1.807) is 13.3 Å². The second-order valence-electron chi connectivity index (χ2n) is 4.33. The zero-order chi connectivity index (χ0) is 13.2. The molecule has 0 fully saturated rings. The Morgan fingerprint density at radius 2 is 1.95 bits per heavy atom. The van der Waals surface area contributed by atoms with Gasteiger partial charge in [0.1, 0.15) is 5.75 Å². The number of pyridine rings is 1. The Hall–Kier alpha value is -2.00. The van der Waals surface area contributed by atoms with Crippen molar-refractivity contribution in [3.63, 3.8) is 0 Å². The largest absolute Gasteiger partial charge is 0.497 e. The van der Waals surface area contributed by atoms with E-state index in [1.165, 1.54) is 5.56 Å². The van der Waals surface area contributed by atoms with Gasteiger partial charge in [-0.2, -0.15) is 0 Å². The Bertz CT molecular complexity index is 704. The molecule has 0 unspecified atom stereocenters. The predicted octanol–water partition coefficient (Wildman–Crippen LogP) is 3.75. The number of methoxy groups -OCH3 is 1. The van der Waals surface area contributed by atoms with Crippen LogP contribution in [0.2, 0.25) is 5.15 Å². The summed E-state index contributed by atoms with van der Waals surface area (Å²) in [7, 11) is 1.67. The standard InChI is InChI=1S/C15H13ClN2O/c1-19-13-4-2-11(3-5-13)10-18-9-7-12-6-8-17-15(16)14(12)18/h2-9H,10H2,1H3. The van der Waals surface area contributed by atoms with Gasteiger partial charge in [0.2, 0.25) is 0 Å². The van der Waals surface area contributed by atoms with Crippen molar-refractivity contribution in [1.82, 2.24) is 9.55 Å². The summed E-state index contributed by atoms with van der Waals surface area (Å²) in [5.41, 5.74) is 2.17. The van der Waals surface area contributed by atoms with Gasteiger partial charge in [0.25, 0.3) is 0 Å². The molecule has 0 bridgehead atoms. The molecular formula is C15H13ClN2O. The van der Waals surface area contributed by atoms with Crippen LogP contribution in [0.15, 0.2) is 48.8 Å². The van der Waals surface area contributed by atoms with Gasteiger partial charge in [-0.3, -0.25) is 0 Å². The van der Waals surface area contributed by atoms with E-state index in [1.807, 2.05) is 30.5 Å². The lowest BCUT2D eigenvalue weighted by atomic mass is 10.2.